The van der Waals surface area contributed by atoms with E-state index in [0.717, 1.165) is 55.7 Å². The minimum atomic E-state index is -0.603. The Morgan fingerprint density at radius 1 is 0.980 bits per heavy atom. The van der Waals surface area contributed by atoms with Crippen LogP contribution in [0.1, 0.15) is 77.7 Å². The fourth-order valence-corrected chi connectivity index (χ4v) is 7.19. The molecule has 1 unspecified atom stereocenters. The van der Waals surface area contributed by atoms with Gasteiger partial charge in [0.15, 0.2) is 0 Å². The van der Waals surface area contributed by atoms with Crippen molar-refractivity contribution in [2.75, 3.05) is 51.1 Å². The van der Waals surface area contributed by atoms with Gasteiger partial charge in [-0.2, -0.15) is 5.10 Å². The van der Waals surface area contributed by atoms with E-state index in [1.165, 1.54) is 32.4 Å². The summed E-state index contributed by atoms with van der Waals surface area (Å²) < 4.78 is 0. The van der Waals surface area contributed by atoms with E-state index in [9.17, 15) is 14.4 Å². The molecular formula is C38H58N8O3. The third-order valence-corrected chi connectivity index (χ3v) is 9.87. The second-order valence-electron chi connectivity index (χ2n) is 13.0. The number of carbonyl (C=O) groups excluding carboxylic acids is 3. The molecule has 268 valence electrons. The van der Waals surface area contributed by atoms with Gasteiger partial charge in [-0.25, -0.2) is 4.79 Å². The zero-order chi connectivity index (χ0) is 35.0. The molecule has 0 bridgehead atoms. The second kappa shape index (κ2) is 19.9. The number of para-hydroxylation sites is 1. The number of fused-ring (bicyclic) bond motifs is 1. The number of hydrazone groups is 1. The van der Waals surface area contributed by atoms with E-state index in [1.54, 1.807) is 12.3 Å². The number of nitrogens with one attached hydrogen (secondary N) is 3. The van der Waals surface area contributed by atoms with Gasteiger partial charge in [0.2, 0.25) is 11.8 Å². The molecule has 0 aliphatic carbocycles. The highest BCUT2D eigenvalue weighted by Crippen LogP contribution is 2.28. The Balaban J connectivity index is 0.00000265. The number of hydrogen-bond acceptors (Lipinski definition) is 7. The molecule has 1 aromatic carbocycles. The van der Waals surface area contributed by atoms with E-state index in [1.807, 2.05) is 78.0 Å². The molecule has 3 fully saturated rings. The molecule has 4 heterocycles. The van der Waals surface area contributed by atoms with Crippen molar-refractivity contribution in [1.82, 2.24) is 30.3 Å². The minimum absolute atomic E-state index is 0.00269. The quantitative estimate of drug-likeness (QED) is 0.162. The summed E-state index contributed by atoms with van der Waals surface area (Å²) >= 11 is 0. The number of amides is 4. The van der Waals surface area contributed by atoms with Crippen LogP contribution >= 0.6 is 0 Å². The predicted octanol–water partition coefficient (Wildman–Crippen LogP) is 5.10. The van der Waals surface area contributed by atoms with Crippen molar-refractivity contribution in [3.05, 3.63) is 66.4 Å². The smallest absolute Gasteiger partial charge is 0.322 e. The van der Waals surface area contributed by atoms with Gasteiger partial charge in [-0.05, 0) is 82.3 Å². The van der Waals surface area contributed by atoms with Crippen LogP contribution in [0.5, 0.6) is 0 Å². The average Bonchev–Trinajstić information content (AvgIpc) is 3.14. The topological polar surface area (TPSA) is 113 Å². The van der Waals surface area contributed by atoms with Crippen LogP contribution in [0, 0.1) is 0 Å². The van der Waals surface area contributed by atoms with Crippen LogP contribution in [-0.2, 0) is 16.1 Å². The molecule has 1 aromatic rings. The van der Waals surface area contributed by atoms with Gasteiger partial charge >= 0.3 is 6.03 Å². The molecule has 0 spiro atoms. The number of benzene rings is 1. The van der Waals surface area contributed by atoms with Gasteiger partial charge in [0.25, 0.3) is 0 Å². The van der Waals surface area contributed by atoms with E-state index in [0.29, 0.717) is 32.2 Å². The van der Waals surface area contributed by atoms with Gasteiger partial charge in [0, 0.05) is 69.0 Å². The van der Waals surface area contributed by atoms with Crippen molar-refractivity contribution in [2.24, 2.45) is 5.10 Å². The highest BCUT2D eigenvalue weighted by atomic mass is 16.2. The Bertz CT molecular complexity index is 1320. The third-order valence-electron chi connectivity index (χ3n) is 9.87. The van der Waals surface area contributed by atoms with Crippen molar-refractivity contribution < 1.29 is 14.4 Å². The number of piperidine rings is 3. The number of allylic oxidation sites excluding steroid dienone is 4. The molecule has 0 aromatic heterocycles. The average molecular weight is 675 g/mol. The maximum atomic E-state index is 13.9. The fraction of sp³-hybridized carbons (Fsp3) is 0.579. The monoisotopic (exact) mass is 674 g/mol. The number of likely N-dealkylation sites (tertiary alicyclic amines) is 3. The van der Waals surface area contributed by atoms with E-state index in [2.05, 4.69) is 32.6 Å². The Morgan fingerprint density at radius 2 is 1.65 bits per heavy atom. The van der Waals surface area contributed by atoms with Crippen LogP contribution < -0.4 is 16.1 Å². The number of carbonyl (C=O) groups is 3. The van der Waals surface area contributed by atoms with Gasteiger partial charge in [-0.3, -0.25) is 15.0 Å². The van der Waals surface area contributed by atoms with E-state index >= 15 is 0 Å². The minimum Gasteiger partial charge on any atom is -0.342 e. The summed E-state index contributed by atoms with van der Waals surface area (Å²) in [6.45, 7) is 15.5. The molecule has 11 heteroatoms. The maximum Gasteiger partial charge on any atom is 0.322 e. The Labute approximate surface area is 293 Å². The highest BCUT2D eigenvalue weighted by molar-refractivity contribution is 5.92. The molecule has 11 nitrogen and oxygen atoms in total. The van der Waals surface area contributed by atoms with Gasteiger partial charge in [0.05, 0.1) is 12.5 Å². The van der Waals surface area contributed by atoms with Gasteiger partial charge in [-0.15, -0.1) is 0 Å². The molecular weight excluding hydrogens is 616 g/mol. The van der Waals surface area contributed by atoms with Crippen LogP contribution in [0.3, 0.4) is 0 Å². The molecule has 3 saturated heterocycles. The Hall–Kier alpha value is -3.96. The van der Waals surface area contributed by atoms with Crippen molar-refractivity contribution in [2.45, 2.75) is 96.8 Å². The molecule has 1 atom stereocenters. The zero-order valence-electron chi connectivity index (χ0n) is 29.9. The van der Waals surface area contributed by atoms with E-state index in [-0.39, 0.29) is 30.3 Å². The summed E-state index contributed by atoms with van der Waals surface area (Å²) in [5.74, 6) is -0.0203. The van der Waals surface area contributed by atoms with Crippen molar-refractivity contribution in [3.8, 4) is 0 Å². The Kier molecular flexibility index (Phi) is 15.4. The maximum absolute atomic E-state index is 13.9. The first-order valence-electron chi connectivity index (χ1n) is 18.4. The van der Waals surface area contributed by atoms with Crippen LogP contribution in [0.2, 0.25) is 0 Å². The number of nitrogens with zero attached hydrogens (tertiary/aromatic N) is 5. The molecule has 0 saturated carbocycles. The summed E-state index contributed by atoms with van der Waals surface area (Å²) in [4.78, 5) is 48.6. The van der Waals surface area contributed by atoms with Gasteiger partial charge < -0.3 is 30.2 Å². The van der Waals surface area contributed by atoms with Crippen molar-refractivity contribution >= 4 is 29.7 Å². The first kappa shape index (κ1) is 37.9. The number of anilines is 1. The lowest BCUT2D eigenvalue weighted by molar-refractivity contribution is -0.140. The van der Waals surface area contributed by atoms with E-state index in [4.69, 9.17) is 0 Å². The van der Waals surface area contributed by atoms with Crippen LogP contribution in [0.25, 0.3) is 0 Å². The number of urea groups is 1. The standard InChI is InChI=1S/C36H52N8O3.C2H6/c1-3-11-28(2)40-38-19-8-7-18-37-33(35(46)43-24-14-30(15-25-43)41-20-9-4-10-21-41)26-34(45)42-22-16-31(17-23-42)44-27-29-12-5-6-13-32(29)39-36(44)47;1-2/h3,5-8,11-13,19,30-31,33,37,40H,1,4,9-10,14-18,20-27H2,2H3,(H,39,47);1-2H3/b8-7+,28-11+,38-19-;. The van der Waals surface area contributed by atoms with Crippen molar-refractivity contribution in [3.63, 3.8) is 0 Å². The van der Waals surface area contributed by atoms with Crippen molar-refractivity contribution in [1.29, 1.82) is 0 Å². The molecule has 0 radical (unpaired) electrons. The predicted molar refractivity (Wildman–Crippen MR) is 198 cm³/mol. The molecule has 4 amide bonds. The van der Waals surface area contributed by atoms with Crippen LogP contribution in [0.15, 0.2) is 65.9 Å². The summed E-state index contributed by atoms with van der Waals surface area (Å²) in [5, 5.41) is 10.5. The lowest BCUT2D eigenvalue weighted by atomic mass is 9.98. The fourth-order valence-electron chi connectivity index (χ4n) is 7.19. The summed E-state index contributed by atoms with van der Waals surface area (Å²) in [6.07, 6.45) is 16.3. The van der Waals surface area contributed by atoms with Crippen LogP contribution in [0.4, 0.5) is 10.5 Å². The molecule has 4 aliphatic rings. The van der Waals surface area contributed by atoms with E-state index < -0.39 is 6.04 Å². The molecule has 3 N–H and O–H groups in total. The molecule has 4 aliphatic heterocycles. The SMILES string of the molecule is C=C/C=C(\C)N/N=C\C=C\CNC(CC(=O)N1CCC(N2Cc3ccccc3NC2=O)CC1)C(=O)N1CCC(N2CCCCC2)CC1.CC. The first-order valence-corrected chi connectivity index (χ1v) is 18.4. The summed E-state index contributed by atoms with van der Waals surface area (Å²) in [5.41, 5.74) is 5.77. The highest BCUT2D eigenvalue weighted by Gasteiger charge is 2.35. The second-order valence-corrected chi connectivity index (χ2v) is 13.0. The first-order chi connectivity index (χ1) is 23.9. The zero-order valence-corrected chi connectivity index (χ0v) is 29.9. The normalized spacial score (nSPS) is 20.4. The lowest BCUT2D eigenvalue weighted by Crippen LogP contribution is -2.55. The summed E-state index contributed by atoms with van der Waals surface area (Å²) in [6, 6.07) is 7.83. The number of hydrogen-bond donors (Lipinski definition) is 3. The molecule has 5 rings (SSSR count). The van der Waals surface area contributed by atoms with Gasteiger partial charge in [-0.1, -0.05) is 57.2 Å². The largest absolute Gasteiger partial charge is 0.342 e. The molecule has 49 heavy (non-hydrogen) atoms. The number of rotatable bonds is 12. The Morgan fingerprint density at radius 3 is 2.37 bits per heavy atom. The lowest BCUT2D eigenvalue weighted by Gasteiger charge is -2.41. The van der Waals surface area contributed by atoms with Crippen LogP contribution in [-0.4, -0.2) is 108 Å². The van der Waals surface area contributed by atoms with Gasteiger partial charge in [0.1, 0.15) is 0 Å². The third kappa shape index (κ3) is 11.0. The summed E-state index contributed by atoms with van der Waals surface area (Å²) in [7, 11) is 0.